The Labute approximate surface area is 120 Å². The minimum atomic E-state index is -0.468. The zero-order valence-electron chi connectivity index (χ0n) is 11.6. The number of rotatable bonds is 5. The average molecular weight is 287 g/mol. The second-order valence-electron chi connectivity index (χ2n) is 4.59. The third kappa shape index (κ3) is 3.54. The van der Waals surface area contributed by atoms with Crippen molar-refractivity contribution in [2.24, 2.45) is 0 Å². The first kappa shape index (κ1) is 14.5. The second-order valence-corrected chi connectivity index (χ2v) is 4.59. The van der Waals surface area contributed by atoms with Gasteiger partial charge in [-0.15, -0.1) is 5.10 Å². The van der Waals surface area contributed by atoms with E-state index in [4.69, 9.17) is 10.00 Å². The van der Waals surface area contributed by atoms with E-state index < -0.39 is 4.92 Å². The van der Waals surface area contributed by atoms with E-state index in [1.165, 1.54) is 23.1 Å². The third-order valence-corrected chi connectivity index (χ3v) is 2.59. The molecule has 0 spiro atoms. The van der Waals surface area contributed by atoms with Gasteiger partial charge in [-0.1, -0.05) is 0 Å². The fourth-order valence-corrected chi connectivity index (χ4v) is 1.77. The van der Waals surface area contributed by atoms with Crippen molar-refractivity contribution < 1.29 is 9.66 Å². The summed E-state index contributed by atoms with van der Waals surface area (Å²) in [5.41, 5.74) is 0.578. The molecule has 0 aliphatic carbocycles. The number of hydrogen-bond acceptors (Lipinski definition) is 6. The first-order valence-electron chi connectivity index (χ1n) is 6.23. The largest absolute Gasteiger partial charge is 0.491 e. The van der Waals surface area contributed by atoms with Crippen LogP contribution in [0.1, 0.15) is 25.2 Å². The molecular weight excluding hydrogens is 274 g/mol. The van der Waals surface area contributed by atoms with Crippen LogP contribution in [0.25, 0.3) is 0 Å². The SMILES string of the molecule is CC(C)Oc1ccc([N+](=O)[O-])cc1Cn1cnc(C#N)n1. The van der Waals surface area contributed by atoms with Crippen LogP contribution in [-0.4, -0.2) is 25.8 Å². The van der Waals surface area contributed by atoms with E-state index in [1.807, 2.05) is 19.9 Å². The number of nitro benzene ring substituents is 1. The maximum Gasteiger partial charge on any atom is 0.270 e. The Kier molecular flexibility index (Phi) is 4.13. The van der Waals surface area contributed by atoms with E-state index in [9.17, 15) is 10.1 Å². The smallest absolute Gasteiger partial charge is 0.270 e. The van der Waals surface area contributed by atoms with Crippen LogP contribution in [0.3, 0.4) is 0 Å². The topological polar surface area (TPSA) is 107 Å². The van der Waals surface area contributed by atoms with Crippen LogP contribution >= 0.6 is 0 Å². The first-order chi connectivity index (χ1) is 9.99. The van der Waals surface area contributed by atoms with Crippen LogP contribution in [0.5, 0.6) is 5.75 Å². The highest BCUT2D eigenvalue weighted by Gasteiger charge is 2.14. The Morgan fingerprint density at radius 2 is 2.29 bits per heavy atom. The lowest BCUT2D eigenvalue weighted by atomic mass is 10.1. The molecule has 0 unspecified atom stereocenters. The van der Waals surface area contributed by atoms with E-state index in [0.717, 1.165) is 0 Å². The summed E-state index contributed by atoms with van der Waals surface area (Å²) in [5, 5.41) is 23.5. The molecule has 0 bridgehead atoms. The zero-order valence-corrected chi connectivity index (χ0v) is 11.6. The van der Waals surface area contributed by atoms with Gasteiger partial charge < -0.3 is 4.74 Å². The lowest BCUT2D eigenvalue weighted by Gasteiger charge is -2.14. The van der Waals surface area contributed by atoms with Gasteiger partial charge in [-0.2, -0.15) is 5.26 Å². The fraction of sp³-hybridized carbons (Fsp3) is 0.308. The Bertz CT molecular complexity index is 702. The second kappa shape index (κ2) is 6.00. The highest BCUT2D eigenvalue weighted by molar-refractivity contribution is 5.44. The van der Waals surface area contributed by atoms with Crippen molar-refractivity contribution in [1.29, 1.82) is 5.26 Å². The van der Waals surface area contributed by atoms with Crippen molar-refractivity contribution in [1.82, 2.24) is 14.8 Å². The van der Waals surface area contributed by atoms with Crippen molar-refractivity contribution in [3.63, 3.8) is 0 Å². The minimum Gasteiger partial charge on any atom is -0.491 e. The number of nitrogens with zero attached hydrogens (tertiary/aromatic N) is 5. The Balaban J connectivity index is 2.35. The molecule has 1 aromatic heterocycles. The lowest BCUT2D eigenvalue weighted by Crippen LogP contribution is -2.10. The molecule has 0 atom stereocenters. The third-order valence-electron chi connectivity index (χ3n) is 2.59. The molecule has 0 amide bonds. The number of non-ortho nitro benzene ring substituents is 1. The molecule has 0 fully saturated rings. The van der Waals surface area contributed by atoms with E-state index in [-0.39, 0.29) is 24.2 Å². The van der Waals surface area contributed by atoms with Crippen LogP contribution in [0.15, 0.2) is 24.5 Å². The Morgan fingerprint density at radius 3 is 2.86 bits per heavy atom. The number of nitro groups is 1. The standard InChI is InChI=1S/C13H13N5O3/c1-9(2)21-12-4-3-11(18(19)20)5-10(12)7-17-8-15-13(6-14)16-17/h3-5,8-9H,7H2,1-2H3. The van der Waals surface area contributed by atoms with Crippen molar-refractivity contribution in [2.75, 3.05) is 0 Å². The van der Waals surface area contributed by atoms with E-state index in [2.05, 4.69) is 10.1 Å². The van der Waals surface area contributed by atoms with E-state index >= 15 is 0 Å². The van der Waals surface area contributed by atoms with Gasteiger partial charge >= 0.3 is 0 Å². The van der Waals surface area contributed by atoms with Gasteiger partial charge in [0.25, 0.3) is 11.5 Å². The van der Waals surface area contributed by atoms with Gasteiger partial charge in [0.05, 0.1) is 17.6 Å². The molecule has 0 N–H and O–H groups in total. The molecule has 2 aromatic rings. The van der Waals surface area contributed by atoms with Crippen molar-refractivity contribution in [2.45, 2.75) is 26.5 Å². The number of ether oxygens (including phenoxy) is 1. The maximum atomic E-state index is 10.9. The van der Waals surface area contributed by atoms with E-state index in [1.54, 1.807) is 6.07 Å². The highest BCUT2D eigenvalue weighted by Crippen LogP contribution is 2.25. The average Bonchev–Trinajstić information content (AvgIpc) is 2.87. The summed E-state index contributed by atoms with van der Waals surface area (Å²) < 4.78 is 7.07. The molecule has 8 heteroatoms. The van der Waals surface area contributed by atoms with Gasteiger partial charge in [-0.05, 0) is 19.9 Å². The molecule has 0 radical (unpaired) electrons. The Hall–Kier alpha value is -2.95. The predicted molar refractivity (Wildman–Crippen MR) is 72.7 cm³/mol. The van der Waals surface area contributed by atoms with Crippen LogP contribution in [0, 0.1) is 21.4 Å². The quantitative estimate of drug-likeness (QED) is 0.614. The zero-order chi connectivity index (χ0) is 15.4. The van der Waals surface area contributed by atoms with Gasteiger partial charge in [0, 0.05) is 17.7 Å². The highest BCUT2D eigenvalue weighted by atomic mass is 16.6. The molecule has 0 saturated heterocycles. The number of hydrogen-bond donors (Lipinski definition) is 0. The molecule has 2 rings (SSSR count). The number of benzene rings is 1. The maximum absolute atomic E-state index is 10.9. The molecule has 0 aliphatic rings. The van der Waals surface area contributed by atoms with Gasteiger partial charge in [-0.3, -0.25) is 10.1 Å². The molecule has 1 heterocycles. The predicted octanol–water partition coefficient (Wildman–Crippen LogP) is 1.89. The molecule has 0 aliphatic heterocycles. The van der Waals surface area contributed by atoms with Crippen LogP contribution in [0.2, 0.25) is 0 Å². The van der Waals surface area contributed by atoms with Gasteiger partial charge in [-0.25, -0.2) is 9.67 Å². The fourth-order valence-electron chi connectivity index (χ4n) is 1.77. The summed E-state index contributed by atoms with van der Waals surface area (Å²) in [6.07, 6.45) is 1.34. The van der Waals surface area contributed by atoms with E-state index in [0.29, 0.717) is 11.3 Å². The van der Waals surface area contributed by atoms with Gasteiger partial charge in [0.1, 0.15) is 18.1 Å². The van der Waals surface area contributed by atoms with Crippen molar-refractivity contribution in [3.8, 4) is 11.8 Å². The molecular formula is C13H13N5O3. The van der Waals surface area contributed by atoms with Crippen molar-refractivity contribution in [3.05, 3.63) is 46.0 Å². The number of aromatic nitrogens is 3. The minimum absolute atomic E-state index is 0.0262. The molecule has 1 aromatic carbocycles. The van der Waals surface area contributed by atoms with Crippen LogP contribution < -0.4 is 4.74 Å². The summed E-state index contributed by atoms with van der Waals surface area (Å²) in [5.74, 6) is 0.594. The molecule has 0 saturated carbocycles. The Morgan fingerprint density at radius 1 is 1.52 bits per heavy atom. The summed E-state index contributed by atoms with van der Waals surface area (Å²) in [6.45, 7) is 3.97. The van der Waals surface area contributed by atoms with Crippen LogP contribution in [0.4, 0.5) is 5.69 Å². The summed E-state index contributed by atoms with van der Waals surface area (Å²) in [6, 6.07) is 6.22. The monoisotopic (exact) mass is 287 g/mol. The normalized spacial score (nSPS) is 10.4. The summed E-state index contributed by atoms with van der Waals surface area (Å²) >= 11 is 0. The summed E-state index contributed by atoms with van der Waals surface area (Å²) in [4.78, 5) is 14.2. The van der Waals surface area contributed by atoms with Gasteiger partial charge in [0.15, 0.2) is 0 Å². The lowest BCUT2D eigenvalue weighted by molar-refractivity contribution is -0.384. The molecule has 8 nitrogen and oxygen atoms in total. The van der Waals surface area contributed by atoms with Crippen molar-refractivity contribution >= 4 is 5.69 Å². The number of nitriles is 1. The summed E-state index contributed by atoms with van der Waals surface area (Å²) in [7, 11) is 0. The molecule has 21 heavy (non-hydrogen) atoms. The molecule has 108 valence electrons. The van der Waals surface area contributed by atoms with Gasteiger partial charge in [0.2, 0.25) is 0 Å². The van der Waals surface area contributed by atoms with Crippen LogP contribution in [-0.2, 0) is 6.54 Å². The first-order valence-corrected chi connectivity index (χ1v) is 6.23.